The van der Waals surface area contributed by atoms with E-state index in [4.69, 9.17) is 4.42 Å². The zero-order valence-electron chi connectivity index (χ0n) is 15.8. The number of fused-ring (bicyclic) bond motifs is 5. The molecule has 6 heteroatoms. The van der Waals surface area contributed by atoms with E-state index in [1.54, 1.807) is 41.3 Å². The van der Waals surface area contributed by atoms with Crippen LogP contribution in [0.4, 0.5) is 5.69 Å². The van der Waals surface area contributed by atoms with E-state index in [9.17, 15) is 14.4 Å². The molecule has 0 saturated heterocycles. The topological polar surface area (TPSA) is 70.8 Å². The van der Waals surface area contributed by atoms with Crippen LogP contribution in [0.2, 0.25) is 0 Å². The summed E-state index contributed by atoms with van der Waals surface area (Å²) in [6, 6.07) is 14.1. The molecule has 1 spiro atoms. The summed E-state index contributed by atoms with van der Waals surface area (Å²) in [5.74, 6) is -0.877. The molecule has 29 heavy (non-hydrogen) atoms. The summed E-state index contributed by atoms with van der Waals surface area (Å²) in [5.41, 5.74) is -0.172. The number of carbonyl (C=O) groups excluding carboxylic acids is 2. The number of rotatable bonds is 3. The molecule has 0 aliphatic carbocycles. The number of carbonyl (C=O) groups is 2. The van der Waals surface area contributed by atoms with Gasteiger partial charge in [-0.15, -0.1) is 6.58 Å². The molecule has 2 amide bonds. The van der Waals surface area contributed by atoms with Crippen LogP contribution >= 0.6 is 0 Å². The first-order valence-electron chi connectivity index (χ1n) is 9.48. The second kappa shape index (κ2) is 5.91. The van der Waals surface area contributed by atoms with Gasteiger partial charge in [-0.05, 0) is 25.1 Å². The SMILES string of the molecule is C=CCN1C(=O)c2oc3ccccc3c(=O)c2C12C(=O)N(CC)c1ccccc12. The molecule has 1 unspecified atom stereocenters. The van der Waals surface area contributed by atoms with Gasteiger partial charge in [0.15, 0.2) is 11.0 Å². The van der Waals surface area contributed by atoms with Crippen molar-refractivity contribution in [2.75, 3.05) is 18.0 Å². The first-order chi connectivity index (χ1) is 14.1. The Morgan fingerprint density at radius 1 is 1.07 bits per heavy atom. The first kappa shape index (κ1) is 17.4. The maximum absolute atomic E-state index is 13.8. The highest BCUT2D eigenvalue weighted by atomic mass is 16.3. The Hall–Kier alpha value is -3.67. The summed E-state index contributed by atoms with van der Waals surface area (Å²) in [7, 11) is 0. The average Bonchev–Trinajstić information content (AvgIpc) is 3.13. The highest BCUT2D eigenvalue weighted by Crippen LogP contribution is 2.52. The number of anilines is 1. The minimum absolute atomic E-state index is 0.0725. The molecule has 0 fully saturated rings. The van der Waals surface area contributed by atoms with E-state index in [1.165, 1.54) is 4.90 Å². The van der Waals surface area contributed by atoms with Gasteiger partial charge in [0, 0.05) is 18.7 Å². The third-order valence-electron chi connectivity index (χ3n) is 5.77. The van der Waals surface area contributed by atoms with E-state index in [1.807, 2.05) is 25.1 Å². The van der Waals surface area contributed by atoms with Crippen LogP contribution in [0.25, 0.3) is 11.0 Å². The molecule has 0 N–H and O–H groups in total. The summed E-state index contributed by atoms with van der Waals surface area (Å²) in [6.07, 6.45) is 1.56. The summed E-state index contributed by atoms with van der Waals surface area (Å²) in [6.45, 7) is 6.14. The lowest BCUT2D eigenvalue weighted by Gasteiger charge is -2.33. The van der Waals surface area contributed by atoms with E-state index in [2.05, 4.69) is 6.58 Å². The van der Waals surface area contributed by atoms with Crippen molar-refractivity contribution in [3.8, 4) is 0 Å². The van der Waals surface area contributed by atoms with Gasteiger partial charge in [-0.2, -0.15) is 0 Å². The van der Waals surface area contributed by atoms with Gasteiger partial charge in [0.05, 0.1) is 16.6 Å². The van der Waals surface area contributed by atoms with Crippen molar-refractivity contribution in [3.63, 3.8) is 0 Å². The first-order valence-corrected chi connectivity index (χ1v) is 9.48. The van der Waals surface area contributed by atoms with Gasteiger partial charge in [-0.1, -0.05) is 36.4 Å². The molecule has 2 aliphatic rings. The maximum Gasteiger partial charge on any atom is 0.291 e. The monoisotopic (exact) mass is 386 g/mol. The Balaban J connectivity index is 1.97. The highest BCUT2D eigenvalue weighted by molar-refractivity contribution is 6.17. The predicted molar refractivity (Wildman–Crippen MR) is 109 cm³/mol. The molecular formula is C23H18N2O4. The predicted octanol–water partition coefficient (Wildman–Crippen LogP) is 3.04. The van der Waals surface area contributed by atoms with Crippen LogP contribution in [0.5, 0.6) is 0 Å². The molecule has 1 atom stereocenters. The van der Waals surface area contributed by atoms with Crippen LogP contribution in [-0.4, -0.2) is 29.8 Å². The van der Waals surface area contributed by atoms with Crippen LogP contribution < -0.4 is 10.3 Å². The molecular weight excluding hydrogens is 368 g/mol. The van der Waals surface area contributed by atoms with Crippen molar-refractivity contribution in [2.45, 2.75) is 12.5 Å². The van der Waals surface area contributed by atoms with E-state index in [0.29, 0.717) is 28.8 Å². The number of hydrogen-bond acceptors (Lipinski definition) is 4. The van der Waals surface area contributed by atoms with Crippen LogP contribution in [-0.2, 0) is 10.3 Å². The van der Waals surface area contributed by atoms with Crippen LogP contribution in [0.1, 0.15) is 28.6 Å². The van der Waals surface area contributed by atoms with Gasteiger partial charge in [-0.25, -0.2) is 0 Å². The molecule has 3 aromatic rings. The molecule has 2 aliphatic heterocycles. The Morgan fingerprint density at radius 2 is 1.79 bits per heavy atom. The fraction of sp³-hybridized carbons (Fsp3) is 0.174. The largest absolute Gasteiger partial charge is 0.450 e. The van der Waals surface area contributed by atoms with Crippen LogP contribution in [0, 0.1) is 0 Å². The van der Waals surface area contributed by atoms with Crippen molar-refractivity contribution in [1.82, 2.24) is 4.90 Å². The molecule has 1 aromatic heterocycles. The highest BCUT2D eigenvalue weighted by Gasteiger charge is 2.64. The lowest BCUT2D eigenvalue weighted by molar-refractivity contribution is -0.125. The summed E-state index contributed by atoms with van der Waals surface area (Å²) in [4.78, 5) is 43.8. The zero-order chi connectivity index (χ0) is 20.3. The third kappa shape index (κ3) is 1.93. The van der Waals surface area contributed by atoms with Gasteiger partial charge in [0.2, 0.25) is 5.76 Å². The van der Waals surface area contributed by atoms with E-state index in [0.717, 1.165) is 0 Å². The fourth-order valence-corrected chi connectivity index (χ4v) is 4.63. The Labute approximate surface area is 166 Å². The molecule has 6 nitrogen and oxygen atoms in total. The molecule has 0 bridgehead atoms. The normalized spacial score (nSPS) is 19.9. The molecule has 2 aromatic carbocycles. The lowest BCUT2D eigenvalue weighted by Crippen LogP contribution is -2.53. The number of para-hydroxylation sites is 2. The molecule has 144 valence electrons. The third-order valence-corrected chi connectivity index (χ3v) is 5.77. The molecule has 0 saturated carbocycles. The van der Waals surface area contributed by atoms with Gasteiger partial charge in [0.1, 0.15) is 5.58 Å². The van der Waals surface area contributed by atoms with Crippen LogP contribution in [0.15, 0.2) is 70.4 Å². The Bertz CT molecular complexity index is 1280. The van der Waals surface area contributed by atoms with Crippen molar-refractivity contribution < 1.29 is 14.0 Å². The standard InChI is InChI=1S/C23H18N2O4/c1-3-13-25-21(27)20-18(19(26)14-9-5-8-12-17(14)29-20)23(25)15-10-6-7-11-16(15)24(4-2)22(23)28/h3,5-12H,1,4,13H2,2H3. The van der Waals surface area contributed by atoms with Gasteiger partial charge in [-0.3, -0.25) is 14.4 Å². The second-order valence-corrected chi connectivity index (χ2v) is 7.11. The lowest BCUT2D eigenvalue weighted by atomic mass is 9.84. The Morgan fingerprint density at radius 3 is 2.55 bits per heavy atom. The number of benzene rings is 2. The number of amides is 2. The van der Waals surface area contributed by atoms with E-state index in [-0.39, 0.29) is 29.2 Å². The minimum Gasteiger partial charge on any atom is -0.450 e. The van der Waals surface area contributed by atoms with Gasteiger partial charge in [0.25, 0.3) is 11.8 Å². The van der Waals surface area contributed by atoms with E-state index >= 15 is 0 Å². The molecule has 0 radical (unpaired) electrons. The average molecular weight is 386 g/mol. The number of nitrogens with zero attached hydrogens (tertiary/aromatic N) is 2. The van der Waals surface area contributed by atoms with Crippen molar-refractivity contribution in [2.24, 2.45) is 0 Å². The van der Waals surface area contributed by atoms with Crippen molar-refractivity contribution in [3.05, 3.63) is 88.3 Å². The van der Waals surface area contributed by atoms with Gasteiger partial charge >= 0.3 is 0 Å². The van der Waals surface area contributed by atoms with E-state index < -0.39 is 11.4 Å². The van der Waals surface area contributed by atoms with Crippen molar-refractivity contribution >= 4 is 28.5 Å². The van der Waals surface area contributed by atoms with Crippen molar-refractivity contribution in [1.29, 1.82) is 0 Å². The number of hydrogen-bond donors (Lipinski definition) is 0. The molecule has 5 rings (SSSR count). The quantitative estimate of drug-likeness (QED) is 0.649. The molecule has 3 heterocycles. The van der Waals surface area contributed by atoms with Gasteiger partial charge < -0.3 is 14.2 Å². The zero-order valence-corrected chi connectivity index (χ0v) is 15.8. The van der Waals surface area contributed by atoms with Crippen LogP contribution in [0.3, 0.4) is 0 Å². The Kier molecular flexibility index (Phi) is 3.55. The smallest absolute Gasteiger partial charge is 0.291 e. The maximum atomic E-state index is 13.8. The number of likely N-dealkylation sites (N-methyl/N-ethyl adjacent to an activating group) is 1. The summed E-state index contributed by atoms with van der Waals surface area (Å²) < 4.78 is 5.90. The minimum atomic E-state index is -1.54. The fourth-order valence-electron chi connectivity index (χ4n) is 4.63. The second-order valence-electron chi connectivity index (χ2n) is 7.11. The summed E-state index contributed by atoms with van der Waals surface area (Å²) >= 11 is 0. The summed E-state index contributed by atoms with van der Waals surface area (Å²) in [5, 5.41) is 0.346.